The molecule has 1 aromatic rings. The number of ether oxygens (including phenoxy) is 1. The fraction of sp³-hybridized carbons (Fsp3) is 0.588. The number of hydrogen-bond acceptors (Lipinski definition) is 3. The van der Waals surface area contributed by atoms with Crippen molar-refractivity contribution in [3.05, 3.63) is 29.8 Å². The number of carbonyl (C=O) groups excluding carboxylic acids is 1. The number of aryl methyl sites for hydroxylation is 1. The van der Waals surface area contributed by atoms with Crippen molar-refractivity contribution in [3.8, 4) is 5.75 Å². The summed E-state index contributed by atoms with van der Waals surface area (Å²) >= 11 is 0. The molecule has 1 aliphatic carbocycles. The quantitative estimate of drug-likeness (QED) is 0.846. The van der Waals surface area contributed by atoms with Gasteiger partial charge in [-0.1, -0.05) is 31.4 Å². The summed E-state index contributed by atoms with van der Waals surface area (Å²) in [4.78, 5) is 12.0. The molecule has 1 fully saturated rings. The van der Waals surface area contributed by atoms with E-state index < -0.39 is 6.10 Å². The summed E-state index contributed by atoms with van der Waals surface area (Å²) in [6.45, 7) is 2.43. The van der Waals surface area contributed by atoms with E-state index in [0.717, 1.165) is 37.0 Å². The van der Waals surface area contributed by atoms with Crippen LogP contribution in [-0.4, -0.2) is 30.3 Å². The molecule has 4 nitrogen and oxygen atoms in total. The van der Waals surface area contributed by atoms with Crippen molar-refractivity contribution in [1.29, 1.82) is 0 Å². The molecule has 0 radical (unpaired) electrons. The van der Waals surface area contributed by atoms with Gasteiger partial charge in [-0.3, -0.25) is 4.79 Å². The minimum atomic E-state index is -0.682. The van der Waals surface area contributed by atoms with Crippen molar-refractivity contribution in [2.45, 2.75) is 45.1 Å². The number of aliphatic hydroxyl groups is 1. The predicted molar refractivity (Wildman–Crippen MR) is 82.3 cm³/mol. The van der Waals surface area contributed by atoms with Crippen molar-refractivity contribution in [2.75, 3.05) is 13.2 Å². The molecular weight excluding hydrogens is 266 g/mol. The topological polar surface area (TPSA) is 58.6 Å². The van der Waals surface area contributed by atoms with E-state index in [1.54, 1.807) is 0 Å². The lowest BCUT2D eigenvalue weighted by atomic mass is 9.89. The number of benzene rings is 1. The minimum Gasteiger partial charge on any atom is -0.491 e. The zero-order valence-electron chi connectivity index (χ0n) is 12.7. The van der Waals surface area contributed by atoms with Crippen LogP contribution >= 0.6 is 0 Å². The monoisotopic (exact) mass is 291 g/mol. The Hall–Kier alpha value is -1.55. The average Bonchev–Trinajstić information content (AvgIpc) is 2.51. The fourth-order valence-electron chi connectivity index (χ4n) is 2.68. The van der Waals surface area contributed by atoms with Crippen LogP contribution in [-0.2, 0) is 4.79 Å². The summed E-state index contributed by atoms with van der Waals surface area (Å²) < 4.78 is 5.53. The molecule has 1 unspecified atom stereocenters. The van der Waals surface area contributed by atoms with Gasteiger partial charge < -0.3 is 15.2 Å². The van der Waals surface area contributed by atoms with E-state index in [9.17, 15) is 9.90 Å². The molecule has 0 heterocycles. The molecule has 0 spiro atoms. The zero-order chi connectivity index (χ0) is 15.1. The summed E-state index contributed by atoms with van der Waals surface area (Å²) in [6, 6.07) is 7.70. The average molecular weight is 291 g/mol. The van der Waals surface area contributed by atoms with Crippen LogP contribution in [0.3, 0.4) is 0 Å². The van der Waals surface area contributed by atoms with Gasteiger partial charge >= 0.3 is 0 Å². The van der Waals surface area contributed by atoms with Gasteiger partial charge in [0.05, 0.1) is 0 Å². The third-order valence-corrected chi connectivity index (χ3v) is 3.92. The minimum absolute atomic E-state index is 0.0734. The molecule has 116 valence electrons. The van der Waals surface area contributed by atoms with Gasteiger partial charge in [-0.05, 0) is 37.5 Å². The molecule has 1 aliphatic rings. The smallest absolute Gasteiger partial charge is 0.223 e. The lowest BCUT2D eigenvalue weighted by molar-refractivity contribution is -0.126. The number of aliphatic hydroxyl groups excluding tert-OH is 1. The summed E-state index contributed by atoms with van der Waals surface area (Å²) in [5.74, 6) is 0.945. The largest absolute Gasteiger partial charge is 0.491 e. The first-order chi connectivity index (χ1) is 10.1. The Balaban J connectivity index is 1.67. The van der Waals surface area contributed by atoms with Crippen molar-refractivity contribution in [2.24, 2.45) is 5.92 Å². The molecule has 0 aromatic heterocycles. The molecule has 2 rings (SSSR count). The Kier molecular flexibility index (Phi) is 6.05. The number of rotatable bonds is 6. The van der Waals surface area contributed by atoms with Crippen molar-refractivity contribution >= 4 is 5.91 Å². The molecule has 1 saturated carbocycles. The van der Waals surface area contributed by atoms with Crippen LogP contribution < -0.4 is 10.1 Å². The van der Waals surface area contributed by atoms with Gasteiger partial charge in [0, 0.05) is 12.5 Å². The maximum absolute atomic E-state index is 12.0. The predicted octanol–water partition coefficient (Wildman–Crippen LogP) is 2.43. The van der Waals surface area contributed by atoms with E-state index in [1.165, 1.54) is 6.42 Å². The molecule has 1 aromatic carbocycles. The van der Waals surface area contributed by atoms with E-state index in [-0.39, 0.29) is 25.0 Å². The molecule has 4 heteroatoms. The normalized spacial score (nSPS) is 17.2. The Morgan fingerprint density at radius 1 is 1.38 bits per heavy atom. The second-order valence-electron chi connectivity index (χ2n) is 5.86. The Morgan fingerprint density at radius 3 is 2.86 bits per heavy atom. The first kappa shape index (κ1) is 15.8. The Bertz CT molecular complexity index is 455. The van der Waals surface area contributed by atoms with Gasteiger partial charge in [0.25, 0.3) is 0 Å². The van der Waals surface area contributed by atoms with Gasteiger partial charge in [-0.25, -0.2) is 0 Å². The van der Waals surface area contributed by atoms with E-state index >= 15 is 0 Å². The molecule has 1 amide bonds. The van der Waals surface area contributed by atoms with Gasteiger partial charge in [0.1, 0.15) is 18.5 Å². The summed E-state index contributed by atoms with van der Waals surface area (Å²) in [5.41, 5.74) is 1.12. The van der Waals surface area contributed by atoms with Gasteiger partial charge in [-0.2, -0.15) is 0 Å². The van der Waals surface area contributed by atoms with Gasteiger partial charge in [-0.15, -0.1) is 0 Å². The second-order valence-corrected chi connectivity index (χ2v) is 5.86. The molecule has 1 atom stereocenters. The van der Waals surface area contributed by atoms with Gasteiger partial charge in [0.15, 0.2) is 0 Å². The summed E-state index contributed by atoms with van der Waals surface area (Å²) in [6.07, 6.45) is 4.77. The van der Waals surface area contributed by atoms with Crippen LogP contribution in [0.1, 0.15) is 37.7 Å². The summed E-state index contributed by atoms with van der Waals surface area (Å²) in [7, 11) is 0. The van der Waals surface area contributed by atoms with Crippen LogP contribution in [0.5, 0.6) is 5.75 Å². The first-order valence-electron chi connectivity index (χ1n) is 7.80. The first-order valence-corrected chi connectivity index (χ1v) is 7.80. The number of hydrogen-bond donors (Lipinski definition) is 2. The highest BCUT2D eigenvalue weighted by Crippen LogP contribution is 2.23. The van der Waals surface area contributed by atoms with E-state index in [0.29, 0.717) is 0 Å². The third kappa shape index (κ3) is 5.38. The van der Waals surface area contributed by atoms with Crippen LogP contribution in [0.15, 0.2) is 24.3 Å². The van der Waals surface area contributed by atoms with Gasteiger partial charge in [0.2, 0.25) is 5.91 Å². The molecule has 21 heavy (non-hydrogen) atoms. The highest BCUT2D eigenvalue weighted by Gasteiger charge is 2.21. The Morgan fingerprint density at radius 2 is 2.14 bits per heavy atom. The van der Waals surface area contributed by atoms with Crippen LogP contribution in [0, 0.1) is 12.8 Å². The zero-order valence-corrected chi connectivity index (χ0v) is 12.7. The highest BCUT2D eigenvalue weighted by molar-refractivity contribution is 5.78. The fourth-order valence-corrected chi connectivity index (χ4v) is 2.68. The van der Waals surface area contributed by atoms with Crippen LogP contribution in [0.2, 0.25) is 0 Å². The third-order valence-electron chi connectivity index (χ3n) is 3.92. The maximum Gasteiger partial charge on any atom is 0.223 e. The molecule has 2 N–H and O–H groups in total. The van der Waals surface area contributed by atoms with Crippen molar-refractivity contribution in [3.63, 3.8) is 0 Å². The lowest BCUT2D eigenvalue weighted by Crippen LogP contribution is -2.39. The number of amides is 1. The van der Waals surface area contributed by atoms with E-state index in [2.05, 4.69) is 5.32 Å². The maximum atomic E-state index is 12.0. The van der Waals surface area contributed by atoms with Crippen LogP contribution in [0.25, 0.3) is 0 Å². The summed E-state index contributed by atoms with van der Waals surface area (Å²) in [5, 5.41) is 12.7. The van der Waals surface area contributed by atoms with Crippen molar-refractivity contribution in [1.82, 2.24) is 5.32 Å². The lowest BCUT2D eigenvalue weighted by Gasteiger charge is -2.21. The molecule has 0 bridgehead atoms. The van der Waals surface area contributed by atoms with E-state index in [4.69, 9.17) is 4.74 Å². The molecule has 0 aliphatic heterocycles. The highest BCUT2D eigenvalue weighted by atomic mass is 16.5. The van der Waals surface area contributed by atoms with Crippen LogP contribution in [0.4, 0.5) is 0 Å². The molecular formula is C17H25NO3. The number of nitrogens with one attached hydrogen (secondary N) is 1. The van der Waals surface area contributed by atoms with Crippen molar-refractivity contribution < 1.29 is 14.6 Å². The SMILES string of the molecule is Cc1cccc(OCC(O)CNC(=O)C2CCCCC2)c1. The second kappa shape index (κ2) is 8.03. The number of carbonyl (C=O) groups is 1. The standard InChI is InChI=1S/C17H25NO3/c1-13-6-5-9-16(10-13)21-12-15(19)11-18-17(20)14-7-3-2-4-8-14/h5-6,9-10,14-15,19H,2-4,7-8,11-12H2,1H3,(H,18,20). The van der Waals surface area contributed by atoms with E-state index in [1.807, 2.05) is 31.2 Å². The Labute approximate surface area is 126 Å². The molecule has 0 saturated heterocycles.